The van der Waals surface area contributed by atoms with Gasteiger partial charge in [0.15, 0.2) is 0 Å². The molecule has 0 fully saturated rings. The Morgan fingerprint density at radius 3 is 1.80 bits per heavy atom. The first-order valence-corrected chi connectivity index (χ1v) is 5.79. The molecule has 0 amide bonds. The first-order chi connectivity index (χ1) is 7.36. The second kappa shape index (κ2) is 3.40. The normalized spacial score (nSPS) is 14.5. The molecule has 1 heterocycles. The van der Waals surface area contributed by atoms with Gasteiger partial charge in [0.2, 0.25) is 0 Å². The van der Waals surface area contributed by atoms with Crippen LogP contribution in [0.2, 0.25) is 0 Å². The minimum atomic E-state index is 0.0265. The molecule has 1 aliphatic heterocycles. The van der Waals surface area contributed by atoms with E-state index >= 15 is 0 Å². The lowest BCUT2D eigenvalue weighted by molar-refractivity contribution is 0.815. The highest BCUT2D eigenvalue weighted by Gasteiger charge is 2.21. The van der Waals surface area contributed by atoms with Crippen LogP contribution in [0.1, 0.15) is 17.2 Å². The van der Waals surface area contributed by atoms with Gasteiger partial charge >= 0.3 is 0 Å². The Hall–Kier alpha value is -1.25. The summed E-state index contributed by atoms with van der Waals surface area (Å²) in [5, 5.41) is 0. The van der Waals surface area contributed by atoms with Crippen molar-refractivity contribution < 1.29 is 0 Å². The molecule has 74 valence electrons. The Kier molecular flexibility index (Phi) is 2.04. The van der Waals surface area contributed by atoms with Crippen molar-refractivity contribution in [2.45, 2.75) is 15.8 Å². The third kappa shape index (κ3) is 1.37. The van der Waals surface area contributed by atoms with Crippen LogP contribution in [0.5, 0.6) is 0 Å². The quantitative estimate of drug-likeness (QED) is 0.727. The van der Waals surface area contributed by atoms with Crippen molar-refractivity contribution in [3.63, 3.8) is 0 Å². The number of rotatable bonds is 0. The molecular formula is C13H11NS. The molecule has 2 heteroatoms. The minimum absolute atomic E-state index is 0.0265. The van der Waals surface area contributed by atoms with Gasteiger partial charge in [-0.25, -0.2) is 0 Å². The third-order valence-electron chi connectivity index (χ3n) is 2.73. The largest absolute Gasteiger partial charge is 0.320 e. The summed E-state index contributed by atoms with van der Waals surface area (Å²) >= 11 is 1.81. The molecule has 0 atom stereocenters. The molecule has 2 aromatic rings. The van der Waals surface area contributed by atoms with E-state index in [0.29, 0.717) is 0 Å². The van der Waals surface area contributed by atoms with Gasteiger partial charge in [-0.1, -0.05) is 48.2 Å². The molecular weight excluding hydrogens is 202 g/mol. The minimum Gasteiger partial charge on any atom is -0.320 e. The number of benzene rings is 2. The Morgan fingerprint density at radius 1 is 0.800 bits per heavy atom. The molecule has 15 heavy (non-hydrogen) atoms. The second-order valence-electron chi connectivity index (χ2n) is 3.66. The molecule has 0 radical (unpaired) electrons. The van der Waals surface area contributed by atoms with Gasteiger partial charge in [-0.3, -0.25) is 0 Å². The third-order valence-corrected chi connectivity index (χ3v) is 3.91. The lowest BCUT2D eigenvalue weighted by atomic mass is 9.99. The average Bonchev–Trinajstić information content (AvgIpc) is 2.30. The van der Waals surface area contributed by atoms with E-state index in [0.717, 1.165) is 0 Å². The molecule has 0 saturated carbocycles. The summed E-state index contributed by atoms with van der Waals surface area (Å²) in [4.78, 5) is 2.56. The maximum atomic E-state index is 6.24. The van der Waals surface area contributed by atoms with Gasteiger partial charge in [0.05, 0.1) is 6.04 Å². The number of nitrogens with two attached hydrogens (primary N) is 1. The summed E-state index contributed by atoms with van der Waals surface area (Å²) in [5.74, 6) is 0. The maximum Gasteiger partial charge on any atom is 0.0574 e. The van der Waals surface area contributed by atoms with Crippen molar-refractivity contribution >= 4 is 11.8 Å². The highest BCUT2D eigenvalue weighted by Crippen LogP contribution is 2.43. The summed E-state index contributed by atoms with van der Waals surface area (Å²) in [6.07, 6.45) is 0. The SMILES string of the molecule is NC1c2ccccc2Sc2ccccc21. The van der Waals surface area contributed by atoms with E-state index < -0.39 is 0 Å². The van der Waals surface area contributed by atoms with Crippen LogP contribution in [0.15, 0.2) is 58.3 Å². The van der Waals surface area contributed by atoms with E-state index in [-0.39, 0.29) is 6.04 Å². The van der Waals surface area contributed by atoms with Gasteiger partial charge < -0.3 is 5.73 Å². The predicted octanol–water partition coefficient (Wildman–Crippen LogP) is 3.20. The van der Waals surface area contributed by atoms with Gasteiger partial charge in [0, 0.05) is 9.79 Å². The zero-order chi connectivity index (χ0) is 10.3. The molecule has 2 aromatic carbocycles. The predicted molar refractivity (Wildman–Crippen MR) is 63.0 cm³/mol. The Balaban J connectivity index is 2.20. The number of hydrogen-bond donors (Lipinski definition) is 1. The van der Waals surface area contributed by atoms with E-state index in [2.05, 4.69) is 36.4 Å². The van der Waals surface area contributed by atoms with Gasteiger partial charge in [-0.15, -0.1) is 0 Å². The van der Waals surface area contributed by atoms with Crippen LogP contribution in [-0.2, 0) is 0 Å². The van der Waals surface area contributed by atoms with E-state index in [1.54, 1.807) is 11.8 Å². The van der Waals surface area contributed by atoms with Crippen LogP contribution in [-0.4, -0.2) is 0 Å². The topological polar surface area (TPSA) is 26.0 Å². The highest BCUT2D eigenvalue weighted by atomic mass is 32.2. The van der Waals surface area contributed by atoms with Gasteiger partial charge in [-0.05, 0) is 23.3 Å². The van der Waals surface area contributed by atoms with Crippen molar-refractivity contribution in [2.75, 3.05) is 0 Å². The number of fused-ring (bicyclic) bond motifs is 2. The van der Waals surface area contributed by atoms with Crippen molar-refractivity contribution in [1.82, 2.24) is 0 Å². The summed E-state index contributed by atoms with van der Waals surface area (Å²) in [7, 11) is 0. The van der Waals surface area contributed by atoms with Gasteiger partial charge in [0.1, 0.15) is 0 Å². The summed E-state index contributed by atoms with van der Waals surface area (Å²) in [5.41, 5.74) is 8.72. The standard InChI is InChI=1S/C13H11NS/c14-13-9-5-1-3-7-11(9)15-12-8-4-2-6-10(12)13/h1-8,13H,14H2. The highest BCUT2D eigenvalue weighted by molar-refractivity contribution is 7.99. The first-order valence-electron chi connectivity index (χ1n) is 4.97. The maximum absolute atomic E-state index is 6.24. The zero-order valence-corrected chi connectivity index (χ0v) is 9.00. The van der Waals surface area contributed by atoms with E-state index in [9.17, 15) is 0 Å². The fourth-order valence-electron chi connectivity index (χ4n) is 1.95. The summed E-state index contributed by atoms with van der Waals surface area (Å²) < 4.78 is 0. The van der Waals surface area contributed by atoms with E-state index in [1.165, 1.54) is 20.9 Å². The van der Waals surface area contributed by atoms with Crippen molar-refractivity contribution in [3.05, 3.63) is 59.7 Å². The van der Waals surface area contributed by atoms with Gasteiger partial charge in [-0.2, -0.15) is 0 Å². The van der Waals surface area contributed by atoms with Crippen LogP contribution in [0.4, 0.5) is 0 Å². The van der Waals surface area contributed by atoms with Crippen molar-refractivity contribution in [2.24, 2.45) is 5.73 Å². The van der Waals surface area contributed by atoms with E-state index in [4.69, 9.17) is 5.73 Å². The van der Waals surface area contributed by atoms with Crippen LogP contribution >= 0.6 is 11.8 Å². The first kappa shape index (κ1) is 9.01. The Morgan fingerprint density at radius 2 is 1.27 bits per heavy atom. The fraction of sp³-hybridized carbons (Fsp3) is 0.0769. The summed E-state index contributed by atoms with van der Waals surface area (Å²) in [6.45, 7) is 0. The molecule has 2 N–H and O–H groups in total. The van der Waals surface area contributed by atoms with Crippen LogP contribution in [0, 0.1) is 0 Å². The molecule has 1 nitrogen and oxygen atoms in total. The monoisotopic (exact) mass is 213 g/mol. The van der Waals surface area contributed by atoms with Crippen molar-refractivity contribution in [3.8, 4) is 0 Å². The number of hydrogen-bond acceptors (Lipinski definition) is 2. The smallest absolute Gasteiger partial charge is 0.0574 e. The van der Waals surface area contributed by atoms with Crippen molar-refractivity contribution in [1.29, 1.82) is 0 Å². The van der Waals surface area contributed by atoms with Crippen LogP contribution in [0.25, 0.3) is 0 Å². The van der Waals surface area contributed by atoms with Gasteiger partial charge in [0.25, 0.3) is 0 Å². The second-order valence-corrected chi connectivity index (χ2v) is 4.74. The Bertz CT molecular complexity index is 462. The molecule has 0 aliphatic carbocycles. The lowest BCUT2D eigenvalue weighted by Crippen LogP contribution is -2.16. The summed E-state index contributed by atoms with van der Waals surface area (Å²) in [6, 6.07) is 16.7. The lowest BCUT2D eigenvalue weighted by Gasteiger charge is -2.24. The molecule has 0 aromatic heterocycles. The molecule has 3 rings (SSSR count). The molecule has 1 aliphatic rings. The van der Waals surface area contributed by atoms with E-state index in [1.807, 2.05) is 12.1 Å². The molecule has 0 spiro atoms. The molecule has 0 unspecified atom stereocenters. The fourth-order valence-corrected chi connectivity index (χ4v) is 3.10. The molecule has 0 bridgehead atoms. The Labute approximate surface area is 93.3 Å². The average molecular weight is 213 g/mol. The molecule has 0 saturated heterocycles. The van der Waals surface area contributed by atoms with Crippen LogP contribution < -0.4 is 5.73 Å². The zero-order valence-electron chi connectivity index (χ0n) is 8.18. The van der Waals surface area contributed by atoms with Crippen LogP contribution in [0.3, 0.4) is 0 Å².